The first kappa shape index (κ1) is 12.2. The molecule has 2 heterocycles. The molecule has 2 atom stereocenters. The van der Waals surface area contributed by atoms with E-state index < -0.39 is 0 Å². The Kier molecular flexibility index (Phi) is 3.71. The normalized spacial score (nSPS) is 26.2. The summed E-state index contributed by atoms with van der Waals surface area (Å²) in [7, 11) is 0. The molecule has 1 aliphatic carbocycles. The molecule has 100 valence electrons. The van der Waals surface area contributed by atoms with Gasteiger partial charge in [-0.3, -0.25) is 0 Å². The van der Waals surface area contributed by atoms with Crippen molar-refractivity contribution in [1.82, 2.24) is 10.2 Å². The summed E-state index contributed by atoms with van der Waals surface area (Å²) in [6.45, 7) is 6.07. The summed E-state index contributed by atoms with van der Waals surface area (Å²) < 4.78 is 5.55. The van der Waals surface area contributed by atoms with Crippen LogP contribution in [0.25, 0.3) is 0 Å². The van der Waals surface area contributed by atoms with Crippen LogP contribution in [0.5, 0.6) is 0 Å². The van der Waals surface area contributed by atoms with Crippen LogP contribution in [0.4, 0.5) is 0 Å². The Hall–Kier alpha value is -0.800. The Balaban J connectivity index is 1.56. The molecule has 3 rings (SSSR count). The summed E-state index contributed by atoms with van der Waals surface area (Å²) in [4.78, 5) is 2.58. The largest absolute Gasteiger partial charge is 0.469 e. The molecule has 1 aromatic rings. The molecule has 1 saturated heterocycles. The zero-order chi connectivity index (χ0) is 12.4. The fourth-order valence-electron chi connectivity index (χ4n) is 3.41. The van der Waals surface area contributed by atoms with E-state index in [0.717, 1.165) is 6.42 Å². The van der Waals surface area contributed by atoms with Gasteiger partial charge in [0.25, 0.3) is 0 Å². The van der Waals surface area contributed by atoms with E-state index in [4.69, 9.17) is 4.42 Å². The van der Waals surface area contributed by atoms with Gasteiger partial charge in [0.1, 0.15) is 5.76 Å². The summed E-state index contributed by atoms with van der Waals surface area (Å²) in [6, 6.07) is 3.22. The minimum atomic E-state index is 0.505. The standard InChI is InChI=1S/C15H24N2O/c1-12(11-17-8-2-3-9-17)16-14-5-4-6-15-13(14)7-10-18-15/h7,10,12,14,16H,2-6,8-9,11H2,1H3. The van der Waals surface area contributed by atoms with E-state index in [1.807, 2.05) is 6.26 Å². The van der Waals surface area contributed by atoms with Crippen molar-refractivity contribution in [3.63, 3.8) is 0 Å². The molecular formula is C15H24N2O. The third kappa shape index (κ3) is 2.62. The number of aryl methyl sites for hydroxylation is 1. The minimum absolute atomic E-state index is 0.505. The molecule has 18 heavy (non-hydrogen) atoms. The van der Waals surface area contributed by atoms with Crippen LogP contribution in [0.1, 0.15) is 50.0 Å². The van der Waals surface area contributed by atoms with Crippen LogP contribution >= 0.6 is 0 Å². The van der Waals surface area contributed by atoms with E-state index in [9.17, 15) is 0 Å². The second kappa shape index (κ2) is 5.45. The zero-order valence-electron chi connectivity index (χ0n) is 11.3. The molecule has 1 N–H and O–H groups in total. The average molecular weight is 248 g/mol. The zero-order valence-corrected chi connectivity index (χ0v) is 11.3. The molecular weight excluding hydrogens is 224 g/mol. The molecule has 1 aliphatic heterocycles. The van der Waals surface area contributed by atoms with Gasteiger partial charge in [-0.05, 0) is 51.8 Å². The topological polar surface area (TPSA) is 28.4 Å². The van der Waals surface area contributed by atoms with Gasteiger partial charge < -0.3 is 14.6 Å². The Morgan fingerprint density at radius 1 is 1.39 bits per heavy atom. The van der Waals surface area contributed by atoms with E-state index >= 15 is 0 Å². The van der Waals surface area contributed by atoms with Gasteiger partial charge in [-0.2, -0.15) is 0 Å². The predicted molar refractivity (Wildman–Crippen MR) is 72.7 cm³/mol. The van der Waals surface area contributed by atoms with Crippen molar-refractivity contribution in [2.75, 3.05) is 19.6 Å². The molecule has 0 spiro atoms. The van der Waals surface area contributed by atoms with Gasteiger partial charge >= 0.3 is 0 Å². The lowest BCUT2D eigenvalue weighted by Crippen LogP contribution is -2.40. The van der Waals surface area contributed by atoms with Crippen LogP contribution in [-0.2, 0) is 6.42 Å². The van der Waals surface area contributed by atoms with Gasteiger partial charge in [0.2, 0.25) is 0 Å². The van der Waals surface area contributed by atoms with E-state index in [0.29, 0.717) is 12.1 Å². The average Bonchev–Trinajstić information content (AvgIpc) is 2.99. The van der Waals surface area contributed by atoms with Crippen LogP contribution in [0.3, 0.4) is 0 Å². The quantitative estimate of drug-likeness (QED) is 0.888. The first-order chi connectivity index (χ1) is 8.83. The molecule has 2 unspecified atom stereocenters. The van der Waals surface area contributed by atoms with Crippen LogP contribution in [-0.4, -0.2) is 30.6 Å². The smallest absolute Gasteiger partial charge is 0.108 e. The number of nitrogens with zero attached hydrogens (tertiary/aromatic N) is 1. The van der Waals surface area contributed by atoms with E-state index in [1.54, 1.807) is 0 Å². The molecule has 2 aliphatic rings. The summed E-state index contributed by atoms with van der Waals surface area (Å²) in [5, 5.41) is 3.79. The molecule has 0 bridgehead atoms. The highest BCUT2D eigenvalue weighted by molar-refractivity contribution is 5.24. The van der Waals surface area contributed by atoms with Crippen molar-refractivity contribution in [3.05, 3.63) is 23.7 Å². The van der Waals surface area contributed by atoms with Crippen molar-refractivity contribution in [2.45, 2.75) is 51.1 Å². The van der Waals surface area contributed by atoms with Crippen LogP contribution < -0.4 is 5.32 Å². The molecule has 1 aromatic heterocycles. The van der Waals surface area contributed by atoms with Gasteiger partial charge in [-0.1, -0.05) is 0 Å². The number of likely N-dealkylation sites (tertiary alicyclic amines) is 1. The van der Waals surface area contributed by atoms with Gasteiger partial charge in [-0.15, -0.1) is 0 Å². The minimum Gasteiger partial charge on any atom is -0.469 e. The van der Waals surface area contributed by atoms with Crippen molar-refractivity contribution in [2.24, 2.45) is 0 Å². The summed E-state index contributed by atoms with van der Waals surface area (Å²) in [5.41, 5.74) is 1.40. The fourth-order valence-corrected chi connectivity index (χ4v) is 3.41. The van der Waals surface area contributed by atoms with Crippen molar-refractivity contribution >= 4 is 0 Å². The highest BCUT2D eigenvalue weighted by Gasteiger charge is 2.24. The van der Waals surface area contributed by atoms with E-state index in [-0.39, 0.29) is 0 Å². The molecule has 0 saturated carbocycles. The highest BCUT2D eigenvalue weighted by atomic mass is 16.3. The third-order valence-electron chi connectivity index (χ3n) is 4.27. The van der Waals surface area contributed by atoms with Crippen LogP contribution in [0.2, 0.25) is 0 Å². The molecule has 3 nitrogen and oxygen atoms in total. The molecule has 0 amide bonds. The van der Waals surface area contributed by atoms with Gasteiger partial charge in [0, 0.05) is 30.6 Å². The van der Waals surface area contributed by atoms with Crippen molar-refractivity contribution in [3.8, 4) is 0 Å². The SMILES string of the molecule is CC(CN1CCCC1)NC1CCCc2occc21. The van der Waals surface area contributed by atoms with Gasteiger partial charge in [-0.25, -0.2) is 0 Å². The highest BCUT2D eigenvalue weighted by Crippen LogP contribution is 2.30. The lowest BCUT2D eigenvalue weighted by molar-refractivity contribution is 0.277. The number of fused-ring (bicyclic) bond motifs is 1. The number of hydrogen-bond donors (Lipinski definition) is 1. The first-order valence-corrected chi connectivity index (χ1v) is 7.37. The van der Waals surface area contributed by atoms with E-state index in [1.165, 1.54) is 56.6 Å². The maximum absolute atomic E-state index is 5.55. The number of furan rings is 1. The maximum Gasteiger partial charge on any atom is 0.108 e. The van der Waals surface area contributed by atoms with E-state index in [2.05, 4.69) is 23.2 Å². The van der Waals surface area contributed by atoms with Crippen molar-refractivity contribution < 1.29 is 4.42 Å². The summed E-state index contributed by atoms with van der Waals surface area (Å²) in [5.74, 6) is 1.20. The summed E-state index contributed by atoms with van der Waals surface area (Å²) in [6.07, 6.45) is 8.20. The maximum atomic E-state index is 5.55. The molecule has 3 heteroatoms. The van der Waals surface area contributed by atoms with Crippen LogP contribution in [0, 0.1) is 0 Å². The molecule has 1 fully saturated rings. The fraction of sp³-hybridized carbons (Fsp3) is 0.733. The third-order valence-corrected chi connectivity index (χ3v) is 4.27. The molecule has 0 aromatic carbocycles. The van der Waals surface area contributed by atoms with Crippen LogP contribution in [0.15, 0.2) is 16.7 Å². The number of hydrogen-bond acceptors (Lipinski definition) is 3. The first-order valence-electron chi connectivity index (χ1n) is 7.37. The molecule has 0 radical (unpaired) electrons. The van der Waals surface area contributed by atoms with Gasteiger partial charge in [0.15, 0.2) is 0 Å². The second-order valence-corrected chi connectivity index (χ2v) is 5.82. The number of rotatable bonds is 4. The van der Waals surface area contributed by atoms with Gasteiger partial charge in [0.05, 0.1) is 6.26 Å². The summed E-state index contributed by atoms with van der Waals surface area (Å²) >= 11 is 0. The number of nitrogens with one attached hydrogen (secondary N) is 1. The monoisotopic (exact) mass is 248 g/mol. The Bertz CT molecular complexity index is 382. The van der Waals surface area contributed by atoms with Crippen molar-refractivity contribution in [1.29, 1.82) is 0 Å². The predicted octanol–water partition coefficient (Wildman–Crippen LogP) is 2.73. The Labute approximate surface area is 110 Å². The Morgan fingerprint density at radius 3 is 3.06 bits per heavy atom. The lowest BCUT2D eigenvalue weighted by Gasteiger charge is -2.28. The lowest BCUT2D eigenvalue weighted by atomic mass is 9.93. The second-order valence-electron chi connectivity index (χ2n) is 5.82. The Morgan fingerprint density at radius 2 is 2.22 bits per heavy atom.